The maximum absolute atomic E-state index is 12.4. The summed E-state index contributed by atoms with van der Waals surface area (Å²) in [4.78, 5) is 24.7. The Morgan fingerprint density at radius 1 is 1.18 bits per heavy atom. The maximum atomic E-state index is 12.4. The third-order valence-electron chi connectivity index (χ3n) is 4.39. The number of Topliss-reactive ketones (excluding diaryl/α,β-unsaturated/α-hetero) is 1. The molecular weight excluding hydrogens is 380 g/mol. The molecule has 0 radical (unpaired) electrons. The molecule has 0 atom stereocenters. The summed E-state index contributed by atoms with van der Waals surface area (Å²) in [5.74, 6) is -0.995. The molecule has 0 aliphatic heterocycles. The smallest absolute Gasteiger partial charge is 0.338 e. The minimum atomic E-state index is -3.57. The van der Waals surface area contributed by atoms with Crippen LogP contribution >= 0.6 is 0 Å². The molecule has 0 amide bonds. The number of carbonyl (C=O) groups is 2. The Balaban J connectivity index is 2.07. The van der Waals surface area contributed by atoms with E-state index in [9.17, 15) is 18.0 Å². The molecule has 0 saturated carbocycles. The number of ketones is 1. The fourth-order valence-corrected chi connectivity index (χ4v) is 3.66. The number of rotatable bonds is 8. The second-order valence-electron chi connectivity index (χ2n) is 6.50. The monoisotopic (exact) mass is 404 g/mol. The number of nitrogens with zero attached hydrogens (tertiary/aromatic N) is 2. The Labute approximate surface area is 165 Å². The molecule has 0 aliphatic rings. The Morgan fingerprint density at radius 2 is 1.79 bits per heavy atom. The summed E-state index contributed by atoms with van der Waals surface area (Å²) in [7, 11) is -0.723. The van der Waals surface area contributed by atoms with Crippen molar-refractivity contribution < 1.29 is 22.7 Å². The number of sulfonamides is 1. The molecule has 7 nitrogen and oxygen atoms in total. The van der Waals surface area contributed by atoms with E-state index in [1.165, 1.54) is 38.4 Å². The first-order valence-corrected chi connectivity index (χ1v) is 10.0. The van der Waals surface area contributed by atoms with Crippen LogP contribution in [0.1, 0.15) is 32.1 Å². The number of ether oxygens (including phenoxy) is 1. The van der Waals surface area contributed by atoms with Gasteiger partial charge in [0.15, 0.2) is 6.61 Å². The van der Waals surface area contributed by atoms with Crippen molar-refractivity contribution in [3.8, 4) is 0 Å². The van der Waals surface area contributed by atoms with Crippen molar-refractivity contribution in [3.05, 3.63) is 65.5 Å². The van der Waals surface area contributed by atoms with Crippen molar-refractivity contribution in [1.29, 1.82) is 0 Å². The van der Waals surface area contributed by atoms with Gasteiger partial charge < -0.3 is 9.30 Å². The number of aromatic nitrogens is 1. The average Bonchev–Trinajstić information content (AvgIpc) is 2.94. The van der Waals surface area contributed by atoms with E-state index >= 15 is 0 Å². The zero-order valence-corrected chi connectivity index (χ0v) is 17.2. The SMILES string of the molecule is C=CCn1c(C)cc(C(=O)COC(=O)c2ccc(S(=O)(=O)N(C)C)cc2)c1C. The van der Waals surface area contributed by atoms with Crippen molar-refractivity contribution in [2.24, 2.45) is 0 Å². The van der Waals surface area contributed by atoms with Crippen molar-refractivity contribution >= 4 is 21.8 Å². The van der Waals surface area contributed by atoms with E-state index in [1.807, 2.05) is 18.4 Å². The third kappa shape index (κ3) is 4.40. The highest BCUT2D eigenvalue weighted by Gasteiger charge is 2.19. The number of hydrogen-bond acceptors (Lipinski definition) is 5. The van der Waals surface area contributed by atoms with Gasteiger partial charge in [0.2, 0.25) is 15.8 Å². The van der Waals surface area contributed by atoms with E-state index in [4.69, 9.17) is 4.74 Å². The van der Waals surface area contributed by atoms with Gasteiger partial charge in [0, 0.05) is 37.6 Å². The lowest BCUT2D eigenvalue weighted by Crippen LogP contribution is -2.22. The Bertz CT molecular complexity index is 1000. The fourth-order valence-electron chi connectivity index (χ4n) is 2.76. The van der Waals surface area contributed by atoms with E-state index in [1.54, 1.807) is 12.1 Å². The lowest BCUT2D eigenvalue weighted by atomic mass is 10.1. The number of aryl methyl sites for hydroxylation is 1. The number of allylic oxidation sites excluding steroid dienone is 1. The summed E-state index contributed by atoms with van der Waals surface area (Å²) in [6, 6.07) is 7.14. The average molecular weight is 404 g/mol. The van der Waals surface area contributed by atoms with Crippen LogP contribution in [0, 0.1) is 13.8 Å². The van der Waals surface area contributed by atoms with Crippen molar-refractivity contribution in [1.82, 2.24) is 8.87 Å². The van der Waals surface area contributed by atoms with Gasteiger partial charge in [-0.25, -0.2) is 17.5 Å². The van der Waals surface area contributed by atoms with Gasteiger partial charge in [-0.2, -0.15) is 0 Å². The molecule has 150 valence electrons. The molecule has 0 saturated heterocycles. The summed E-state index contributed by atoms with van der Waals surface area (Å²) in [6.45, 7) is 7.62. The molecule has 2 rings (SSSR count). The van der Waals surface area contributed by atoms with Crippen LogP contribution < -0.4 is 0 Å². The zero-order valence-electron chi connectivity index (χ0n) is 16.4. The lowest BCUT2D eigenvalue weighted by Gasteiger charge is -2.11. The molecule has 28 heavy (non-hydrogen) atoms. The summed E-state index contributed by atoms with van der Waals surface area (Å²) in [5.41, 5.74) is 2.38. The van der Waals surface area contributed by atoms with Gasteiger partial charge in [0.05, 0.1) is 10.5 Å². The van der Waals surface area contributed by atoms with E-state index in [0.29, 0.717) is 12.1 Å². The van der Waals surface area contributed by atoms with Crippen LogP contribution in [0.3, 0.4) is 0 Å². The minimum absolute atomic E-state index is 0.0692. The van der Waals surface area contributed by atoms with Gasteiger partial charge >= 0.3 is 5.97 Å². The zero-order chi connectivity index (χ0) is 21.1. The van der Waals surface area contributed by atoms with Gasteiger partial charge in [-0.15, -0.1) is 6.58 Å². The molecule has 0 unspecified atom stereocenters. The normalized spacial score (nSPS) is 11.5. The predicted octanol–water partition coefficient (Wildman–Crippen LogP) is 2.58. The molecule has 0 spiro atoms. The Hall–Kier alpha value is -2.71. The van der Waals surface area contributed by atoms with E-state index < -0.39 is 22.6 Å². The predicted molar refractivity (Wildman–Crippen MR) is 106 cm³/mol. The molecule has 0 N–H and O–H groups in total. The lowest BCUT2D eigenvalue weighted by molar-refractivity contribution is 0.0474. The van der Waals surface area contributed by atoms with Gasteiger partial charge in [0.25, 0.3) is 0 Å². The molecule has 8 heteroatoms. The Kier molecular flexibility index (Phi) is 6.58. The van der Waals surface area contributed by atoms with Gasteiger partial charge in [-0.1, -0.05) is 6.08 Å². The molecule has 1 aromatic heterocycles. The minimum Gasteiger partial charge on any atom is -0.454 e. The second-order valence-corrected chi connectivity index (χ2v) is 8.65. The third-order valence-corrected chi connectivity index (χ3v) is 6.22. The highest BCUT2D eigenvalue weighted by molar-refractivity contribution is 7.89. The second kappa shape index (κ2) is 8.53. The molecule has 1 aromatic carbocycles. The van der Waals surface area contributed by atoms with Crippen LogP contribution in [0.5, 0.6) is 0 Å². The number of esters is 1. The van der Waals surface area contributed by atoms with Crippen LogP contribution in [0.4, 0.5) is 0 Å². The van der Waals surface area contributed by atoms with Crippen molar-refractivity contribution in [2.75, 3.05) is 20.7 Å². The van der Waals surface area contributed by atoms with Crippen molar-refractivity contribution in [2.45, 2.75) is 25.3 Å². The number of carbonyl (C=O) groups excluding carboxylic acids is 2. The van der Waals surface area contributed by atoms with Crippen LogP contribution in [0.2, 0.25) is 0 Å². The Morgan fingerprint density at radius 3 is 2.32 bits per heavy atom. The number of hydrogen-bond donors (Lipinski definition) is 0. The van der Waals surface area contributed by atoms with Gasteiger partial charge in [0.1, 0.15) is 0 Å². The van der Waals surface area contributed by atoms with Crippen LogP contribution in [0.25, 0.3) is 0 Å². The largest absolute Gasteiger partial charge is 0.454 e. The van der Waals surface area contributed by atoms with Crippen molar-refractivity contribution in [3.63, 3.8) is 0 Å². The molecule has 0 fully saturated rings. The summed E-state index contributed by atoms with van der Waals surface area (Å²) >= 11 is 0. The first kappa shape index (κ1) is 21.6. The summed E-state index contributed by atoms with van der Waals surface area (Å²) < 4.78 is 32.2. The molecule has 0 aliphatic carbocycles. The molecule has 2 aromatic rings. The summed E-state index contributed by atoms with van der Waals surface area (Å²) in [6.07, 6.45) is 1.74. The highest BCUT2D eigenvalue weighted by atomic mass is 32.2. The van der Waals surface area contributed by atoms with Gasteiger partial charge in [-0.05, 0) is 44.2 Å². The van der Waals surface area contributed by atoms with Crippen LogP contribution in [-0.4, -0.2) is 49.7 Å². The first-order valence-electron chi connectivity index (χ1n) is 8.60. The molecular formula is C20H24N2O5S. The topological polar surface area (TPSA) is 85.7 Å². The summed E-state index contributed by atoms with van der Waals surface area (Å²) in [5, 5.41) is 0. The molecule has 0 bridgehead atoms. The maximum Gasteiger partial charge on any atom is 0.338 e. The quantitative estimate of drug-likeness (QED) is 0.383. The number of benzene rings is 1. The van der Waals surface area contributed by atoms with Crippen LogP contribution in [0.15, 0.2) is 47.9 Å². The van der Waals surface area contributed by atoms with E-state index in [2.05, 4.69) is 6.58 Å². The van der Waals surface area contributed by atoms with E-state index in [-0.39, 0.29) is 16.2 Å². The van der Waals surface area contributed by atoms with Crippen LogP contribution in [-0.2, 0) is 21.3 Å². The standard InChI is InChI=1S/C20H24N2O5S/c1-6-11-22-14(2)12-18(15(22)3)19(23)13-27-20(24)16-7-9-17(10-8-16)28(25,26)21(4)5/h6-10,12H,1,11,13H2,2-5H3. The van der Waals surface area contributed by atoms with Gasteiger partial charge in [-0.3, -0.25) is 4.79 Å². The molecule has 1 heterocycles. The van der Waals surface area contributed by atoms with E-state index in [0.717, 1.165) is 15.7 Å². The first-order chi connectivity index (χ1) is 13.1. The highest BCUT2D eigenvalue weighted by Crippen LogP contribution is 2.17. The fraction of sp³-hybridized carbons (Fsp3) is 0.300.